The molecule has 3 heteroatoms. The van der Waals surface area contributed by atoms with Gasteiger partial charge in [-0.3, -0.25) is 4.79 Å². The Kier molecular flexibility index (Phi) is 4.51. The molecule has 1 aliphatic heterocycles. The fraction of sp³-hybridized carbons (Fsp3) is 0.967. The Balaban J connectivity index is 1.37. The van der Waals surface area contributed by atoms with E-state index in [1.165, 1.54) is 44.9 Å². The molecule has 0 bridgehead atoms. The highest BCUT2D eigenvalue weighted by atomic mass is 16.5. The van der Waals surface area contributed by atoms with Gasteiger partial charge >= 0.3 is 0 Å². The average Bonchev–Trinajstić information content (AvgIpc) is 3.35. The first-order chi connectivity index (χ1) is 15.2. The highest BCUT2D eigenvalue weighted by molar-refractivity contribution is 5.86. The Morgan fingerprint density at radius 1 is 0.909 bits per heavy atom. The number of hydrogen-bond donors (Lipinski definition) is 1. The molecule has 1 heterocycles. The lowest BCUT2D eigenvalue weighted by molar-refractivity contribution is -0.157. The summed E-state index contributed by atoms with van der Waals surface area (Å²) in [6, 6.07) is 0. The monoisotopic (exact) mass is 456 g/mol. The standard InChI is InChI=1S/C30H48O3/c1-18-8-11-23(26(4,5)32)33-19-16-28(7)21-10-9-20-25(2,3)22(31)12-13-29(20)17-30(21,29)15-14-27(28,6)24(18)19/h18-21,23-24,32H,8-17H2,1-7H3/t18-,19-,20-,21+,23-,24+,27-,28+,29+,30+/m1/s1. The Bertz CT molecular complexity index is 870. The number of ether oxygens (including phenoxy) is 1. The van der Waals surface area contributed by atoms with Gasteiger partial charge in [-0.1, -0.05) is 34.6 Å². The van der Waals surface area contributed by atoms with Gasteiger partial charge in [-0.05, 0) is 117 Å². The molecule has 0 unspecified atom stereocenters. The van der Waals surface area contributed by atoms with E-state index in [1.807, 2.05) is 13.8 Å². The van der Waals surface area contributed by atoms with Crippen molar-refractivity contribution < 1.29 is 14.6 Å². The predicted molar refractivity (Wildman–Crippen MR) is 131 cm³/mol. The summed E-state index contributed by atoms with van der Waals surface area (Å²) in [6.45, 7) is 16.1. The molecule has 2 spiro atoms. The van der Waals surface area contributed by atoms with Gasteiger partial charge in [-0.2, -0.15) is 0 Å². The van der Waals surface area contributed by atoms with Crippen LogP contribution in [-0.4, -0.2) is 28.7 Å². The summed E-state index contributed by atoms with van der Waals surface area (Å²) in [4.78, 5) is 12.9. The fourth-order valence-electron chi connectivity index (χ4n) is 11.8. The Labute approximate surface area is 201 Å². The molecule has 33 heavy (non-hydrogen) atoms. The van der Waals surface area contributed by atoms with E-state index in [0.717, 1.165) is 25.2 Å². The van der Waals surface area contributed by atoms with E-state index < -0.39 is 5.60 Å². The lowest BCUT2D eigenvalue weighted by Crippen LogP contribution is -2.57. The van der Waals surface area contributed by atoms with E-state index >= 15 is 0 Å². The molecular formula is C30H48O3. The van der Waals surface area contributed by atoms with Crippen LogP contribution in [0.25, 0.3) is 0 Å². The molecule has 6 fully saturated rings. The quantitative estimate of drug-likeness (QED) is 0.486. The van der Waals surface area contributed by atoms with Gasteiger partial charge in [0, 0.05) is 11.8 Å². The molecule has 10 atom stereocenters. The van der Waals surface area contributed by atoms with Crippen molar-refractivity contribution in [1.29, 1.82) is 0 Å². The SMILES string of the molecule is C[C@@H]1CC[C@H](C(C)(C)O)O[C@@H]2C[C@@]3(C)[C@@H]4CC[C@@H]5C(C)(C)C(=O)CC[C@]56C[C@@]46CC[C@]3(C)[C@@H]12. The minimum absolute atomic E-state index is 0.0515. The van der Waals surface area contributed by atoms with E-state index in [1.54, 1.807) is 0 Å². The number of carbonyl (C=O) groups is 1. The van der Waals surface area contributed by atoms with Crippen molar-refractivity contribution in [2.75, 3.05) is 0 Å². The van der Waals surface area contributed by atoms with E-state index in [0.29, 0.717) is 45.2 Å². The van der Waals surface area contributed by atoms with Crippen LogP contribution in [0.2, 0.25) is 0 Å². The zero-order chi connectivity index (χ0) is 23.8. The normalized spacial score (nSPS) is 57.2. The molecule has 186 valence electrons. The van der Waals surface area contributed by atoms with Gasteiger partial charge in [0.15, 0.2) is 0 Å². The van der Waals surface area contributed by atoms with Crippen molar-refractivity contribution >= 4 is 5.78 Å². The van der Waals surface area contributed by atoms with Crippen LogP contribution < -0.4 is 0 Å². The molecule has 0 radical (unpaired) electrons. The van der Waals surface area contributed by atoms with E-state index in [9.17, 15) is 9.90 Å². The number of ketones is 1. The van der Waals surface area contributed by atoms with Gasteiger partial charge in [-0.25, -0.2) is 0 Å². The maximum absolute atomic E-state index is 12.9. The Hall–Kier alpha value is -0.410. The van der Waals surface area contributed by atoms with Gasteiger partial charge in [-0.15, -0.1) is 0 Å². The van der Waals surface area contributed by atoms with Gasteiger partial charge in [0.1, 0.15) is 5.78 Å². The van der Waals surface area contributed by atoms with Gasteiger partial charge in [0.05, 0.1) is 17.8 Å². The maximum atomic E-state index is 12.9. The largest absolute Gasteiger partial charge is 0.388 e. The molecule has 6 rings (SSSR count). The van der Waals surface area contributed by atoms with E-state index in [-0.39, 0.29) is 17.6 Å². The van der Waals surface area contributed by atoms with Gasteiger partial charge < -0.3 is 9.84 Å². The number of Topliss-reactive ketones (excluding diaryl/α,β-unsaturated/α-hetero) is 1. The van der Waals surface area contributed by atoms with Crippen molar-refractivity contribution in [3.63, 3.8) is 0 Å². The van der Waals surface area contributed by atoms with Crippen molar-refractivity contribution in [1.82, 2.24) is 0 Å². The van der Waals surface area contributed by atoms with Crippen molar-refractivity contribution in [3.05, 3.63) is 0 Å². The zero-order valence-electron chi connectivity index (χ0n) is 22.3. The summed E-state index contributed by atoms with van der Waals surface area (Å²) >= 11 is 0. The second-order valence-corrected chi connectivity index (χ2v) is 15.3. The summed E-state index contributed by atoms with van der Waals surface area (Å²) in [5, 5.41) is 10.8. The molecule has 0 aromatic rings. The third-order valence-electron chi connectivity index (χ3n) is 13.5. The van der Waals surface area contributed by atoms with Crippen LogP contribution in [0.1, 0.15) is 113 Å². The maximum Gasteiger partial charge on any atom is 0.138 e. The molecule has 0 aromatic carbocycles. The lowest BCUT2D eigenvalue weighted by atomic mass is 9.42. The minimum atomic E-state index is -0.774. The zero-order valence-corrected chi connectivity index (χ0v) is 22.3. The molecule has 0 aromatic heterocycles. The number of carbonyl (C=O) groups excluding carboxylic acids is 1. The second kappa shape index (κ2) is 6.47. The molecule has 1 N–H and O–H groups in total. The van der Waals surface area contributed by atoms with Crippen LogP contribution >= 0.6 is 0 Å². The van der Waals surface area contributed by atoms with E-state index in [2.05, 4.69) is 34.6 Å². The molecule has 0 amide bonds. The van der Waals surface area contributed by atoms with Crippen LogP contribution in [0.3, 0.4) is 0 Å². The van der Waals surface area contributed by atoms with Crippen LogP contribution in [0.15, 0.2) is 0 Å². The summed E-state index contributed by atoms with van der Waals surface area (Å²) in [6.07, 6.45) is 12.1. The van der Waals surface area contributed by atoms with Gasteiger partial charge in [0.25, 0.3) is 0 Å². The van der Waals surface area contributed by atoms with Gasteiger partial charge in [0.2, 0.25) is 0 Å². The average molecular weight is 457 g/mol. The summed E-state index contributed by atoms with van der Waals surface area (Å²) in [7, 11) is 0. The fourth-order valence-corrected chi connectivity index (χ4v) is 11.8. The number of rotatable bonds is 1. The van der Waals surface area contributed by atoms with Crippen LogP contribution in [0.5, 0.6) is 0 Å². The number of fused-ring (bicyclic) bond motifs is 4. The topological polar surface area (TPSA) is 46.5 Å². The minimum Gasteiger partial charge on any atom is -0.388 e. The number of hydrogen-bond acceptors (Lipinski definition) is 3. The summed E-state index contributed by atoms with van der Waals surface area (Å²) in [5.74, 6) is 3.14. The smallest absolute Gasteiger partial charge is 0.138 e. The molecular weight excluding hydrogens is 408 g/mol. The first kappa shape index (κ1) is 23.0. The third-order valence-corrected chi connectivity index (χ3v) is 13.5. The second-order valence-electron chi connectivity index (χ2n) is 15.3. The van der Waals surface area contributed by atoms with Crippen molar-refractivity contribution in [2.45, 2.75) is 130 Å². The van der Waals surface area contributed by atoms with Crippen LogP contribution in [-0.2, 0) is 9.53 Å². The summed E-state index contributed by atoms with van der Waals surface area (Å²) in [5.41, 5.74) is 0.626. The first-order valence-corrected chi connectivity index (χ1v) is 14.1. The van der Waals surface area contributed by atoms with Crippen molar-refractivity contribution in [2.24, 2.45) is 50.7 Å². The van der Waals surface area contributed by atoms with Crippen LogP contribution in [0.4, 0.5) is 0 Å². The van der Waals surface area contributed by atoms with Crippen LogP contribution in [0, 0.1) is 50.7 Å². The molecule has 3 nitrogen and oxygen atoms in total. The third kappa shape index (κ3) is 2.58. The van der Waals surface area contributed by atoms with Crippen molar-refractivity contribution in [3.8, 4) is 0 Å². The Morgan fingerprint density at radius 3 is 2.27 bits per heavy atom. The highest BCUT2D eigenvalue weighted by Gasteiger charge is 2.83. The predicted octanol–water partition coefficient (Wildman–Crippen LogP) is 6.56. The lowest BCUT2D eigenvalue weighted by Gasteiger charge is -2.62. The molecule has 1 saturated heterocycles. The highest BCUT2D eigenvalue weighted by Crippen LogP contribution is 2.89. The Morgan fingerprint density at radius 2 is 1.58 bits per heavy atom. The first-order valence-electron chi connectivity index (χ1n) is 14.1. The van der Waals surface area contributed by atoms with E-state index in [4.69, 9.17) is 4.74 Å². The molecule has 5 aliphatic carbocycles. The molecule has 5 saturated carbocycles. The summed E-state index contributed by atoms with van der Waals surface area (Å²) < 4.78 is 6.88. The molecule has 6 aliphatic rings. The number of aliphatic hydroxyl groups is 1.